The van der Waals surface area contributed by atoms with Crippen molar-refractivity contribution in [1.29, 1.82) is 0 Å². The first-order valence-corrected chi connectivity index (χ1v) is 10.7. The minimum Gasteiger partial charge on any atom is -0.454 e. The summed E-state index contributed by atoms with van der Waals surface area (Å²) in [4.78, 5) is 13.6. The van der Waals surface area contributed by atoms with Crippen LogP contribution in [0.2, 0.25) is 0 Å². The van der Waals surface area contributed by atoms with Crippen molar-refractivity contribution in [2.45, 2.75) is 37.3 Å². The molecule has 1 unspecified atom stereocenters. The van der Waals surface area contributed by atoms with Gasteiger partial charge in [-0.3, -0.25) is 4.79 Å². The standard InChI is InChI=1S/C19H20N4O3S2/c1-3-23-17(16-5-4-8-27-16)21-22-19(23)28-12(2)18(24)20-10-13-6-7-14-15(9-13)26-11-25-14/h4-9,12H,3,10-11H2,1-2H3,(H,20,24). The molecule has 7 nitrogen and oxygen atoms in total. The summed E-state index contributed by atoms with van der Waals surface area (Å²) >= 11 is 3.04. The summed E-state index contributed by atoms with van der Waals surface area (Å²) in [7, 11) is 0. The Morgan fingerprint density at radius 3 is 2.96 bits per heavy atom. The third-order valence-corrected chi connectivity index (χ3v) is 6.28. The lowest BCUT2D eigenvalue weighted by molar-refractivity contribution is -0.120. The highest BCUT2D eigenvalue weighted by Crippen LogP contribution is 2.32. The number of carbonyl (C=O) groups excluding carboxylic acids is 1. The molecule has 0 aliphatic carbocycles. The van der Waals surface area contributed by atoms with Gasteiger partial charge in [0.1, 0.15) is 0 Å². The predicted octanol–water partition coefficient (Wildman–Crippen LogP) is 3.55. The summed E-state index contributed by atoms with van der Waals surface area (Å²) in [5, 5.41) is 14.1. The SMILES string of the molecule is CCn1c(SC(C)C(=O)NCc2ccc3c(c2)OCO3)nnc1-c1cccs1. The average molecular weight is 417 g/mol. The molecule has 9 heteroatoms. The van der Waals surface area contributed by atoms with Gasteiger partial charge in [-0.15, -0.1) is 21.5 Å². The molecule has 3 aromatic rings. The van der Waals surface area contributed by atoms with Gasteiger partial charge in [0.05, 0.1) is 10.1 Å². The minimum atomic E-state index is -0.292. The summed E-state index contributed by atoms with van der Waals surface area (Å²) in [5.41, 5.74) is 0.964. The Bertz CT molecular complexity index is 972. The highest BCUT2D eigenvalue weighted by atomic mass is 32.2. The van der Waals surface area contributed by atoms with E-state index in [0.29, 0.717) is 12.3 Å². The first kappa shape index (κ1) is 18.8. The van der Waals surface area contributed by atoms with Gasteiger partial charge in [-0.2, -0.15) is 0 Å². The van der Waals surface area contributed by atoms with E-state index in [2.05, 4.69) is 22.4 Å². The van der Waals surface area contributed by atoms with Crippen molar-refractivity contribution in [3.05, 3.63) is 41.3 Å². The number of thiophene rings is 1. The molecule has 1 atom stereocenters. The summed E-state index contributed by atoms with van der Waals surface area (Å²) < 4.78 is 12.7. The molecule has 3 heterocycles. The quantitative estimate of drug-likeness (QED) is 0.594. The van der Waals surface area contributed by atoms with Gasteiger partial charge >= 0.3 is 0 Å². The Morgan fingerprint density at radius 2 is 2.18 bits per heavy atom. The van der Waals surface area contributed by atoms with E-state index in [4.69, 9.17) is 9.47 Å². The van der Waals surface area contributed by atoms with Crippen LogP contribution >= 0.6 is 23.1 Å². The van der Waals surface area contributed by atoms with Crippen molar-refractivity contribution in [1.82, 2.24) is 20.1 Å². The number of carbonyl (C=O) groups is 1. The lowest BCUT2D eigenvalue weighted by Gasteiger charge is -2.13. The number of hydrogen-bond acceptors (Lipinski definition) is 7. The number of aromatic nitrogens is 3. The van der Waals surface area contributed by atoms with Crippen LogP contribution in [0.1, 0.15) is 19.4 Å². The monoisotopic (exact) mass is 416 g/mol. The Labute approximate surface area is 171 Å². The zero-order chi connectivity index (χ0) is 19.5. The maximum Gasteiger partial charge on any atom is 0.233 e. The van der Waals surface area contributed by atoms with Crippen molar-refractivity contribution < 1.29 is 14.3 Å². The van der Waals surface area contributed by atoms with Gasteiger partial charge in [-0.1, -0.05) is 23.9 Å². The van der Waals surface area contributed by atoms with Crippen LogP contribution in [0.15, 0.2) is 40.9 Å². The zero-order valence-electron chi connectivity index (χ0n) is 15.5. The van der Waals surface area contributed by atoms with Gasteiger partial charge in [0.2, 0.25) is 12.7 Å². The van der Waals surface area contributed by atoms with E-state index in [9.17, 15) is 4.79 Å². The fourth-order valence-electron chi connectivity index (χ4n) is 2.84. The molecule has 0 spiro atoms. The first-order valence-electron chi connectivity index (χ1n) is 8.95. The maximum absolute atomic E-state index is 12.5. The van der Waals surface area contributed by atoms with Gasteiger partial charge in [0, 0.05) is 13.1 Å². The Balaban J connectivity index is 1.38. The Hall–Kier alpha value is -2.52. The molecule has 28 heavy (non-hydrogen) atoms. The van der Waals surface area contributed by atoms with Crippen LogP contribution in [0.5, 0.6) is 11.5 Å². The number of fused-ring (bicyclic) bond motifs is 1. The summed E-state index contributed by atoms with van der Waals surface area (Å²) in [6.45, 7) is 5.34. The van der Waals surface area contributed by atoms with Crippen LogP contribution in [0.3, 0.4) is 0 Å². The number of nitrogens with zero attached hydrogens (tertiary/aromatic N) is 3. The molecule has 1 amide bonds. The molecular formula is C19H20N4O3S2. The van der Waals surface area contributed by atoms with Crippen LogP contribution < -0.4 is 14.8 Å². The third kappa shape index (κ3) is 3.85. The Morgan fingerprint density at radius 1 is 1.32 bits per heavy atom. The van der Waals surface area contributed by atoms with E-state index in [1.165, 1.54) is 11.8 Å². The lowest BCUT2D eigenvalue weighted by Crippen LogP contribution is -2.30. The van der Waals surface area contributed by atoms with Gasteiger partial charge in [-0.25, -0.2) is 0 Å². The normalized spacial score (nSPS) is 13.5. The van der Waals surface area contributed by atoms with Crippen molar-refractivity contribution in [3.8, 4) is 22.2 Å². The van der Waals surface area contributed by atoms with E-state index in [0.717, 1.165) is 33.7 Å². The van der Waals surface area contributed by atoms with Gasteiger partial charge in [0.25, 0.3) is 0 Å². The fraction of sp³-hybridized carbons (Fsp3) is 0.316. The highest BCUT2D eigenvalue weighted by Gasteiger charge is 2.21. The topological polar surface area (TPSA) is 78.3 Å². The molecule has 1 N–H and O–H groups in total. The van der Waals surface area contributed by atoms with Crippen LogP contribution in [0, 0.1) is 0 Å². The number of ether oxygens (including phenoxy) is 2. The molecule has 146 valence electrons. The van der Waals surface area contributed by atoms with E-state index in [-0.39, 0.29) is 18.0 Å². The molecule has 4 rings (SSSR count). The first-order chi connectivity index (χ1) is 13.7. The largest absolute Gasteiger partial charge is 0.454 e. The molecule has 1 aliphatic heterocycles. The molecule has 1 aromatic carbocycles. The smallest absolute Gasteiger partial charge is 0.233 e. The number of thioether (sulfide) groups is 1. The van der Waals surface area contributed by atoms with Gasteiger partial charge in [0.15, 0.2) is 22.5 Å². The molecule has 0 saturated heterocycles. The van der Waals surface area contributed by atoms with Crippen molar-refractivity contribution in [2.24, 2.45) is 0 Å². The molecule has 2 aromatic heterocycles. The van der Waals surface area contributed by atoms with E-state index in [1.807, 2.05) is 47.2 Å². The summed E-state index contributed by atoms with van der Waals surface area (Å²) in [5.74, 6) is 2.24. The van der Waals surface area contributed by atoms with Crippen molar-refractivity contribution in [3.63, 3.8) is 0 Å². The van der Waals surface area contributed by atoms with E-state index < -0.39 is 0 Å². The van der Waals surface area contributed by atoms with Gasteiger partial charge < -0.3 is 19.4 Å². The van der Waals surface area contributed by atoms with Crippen LogP contribution in [-0.4, -0.2) is 32.7 Å². The van der Waals surface area contributed by atoms with Crippen LogP contribution in [0.4, 0.5) is 0 Å². The third-order valence-electron chi connectivity index (χ3n) is 4.33. The second-order valence-corrected chi connectivity index (χ2v) is 8.45. The number of nitrogens with one attached hydrogen (secondary N) is 1. The molecule has 0 fully saturated rings. The predicted molar refractivity (Wildman–Crippen MR) is 109 cm³/mol. The maximum atomic E-state index is 12.5. The van der Waals surface area contributed by atoms with Crippen molar-refractivity contribution in [2.75, 3.05) is 6.79 Å². The highest BCUT2D eigenvalue weighted by molar-refractivity contribution is 8.00. The molecule has 0 saturated carbocycles. The summed E-state index contributed by atoms with van der Waals surface area (Å²) in [6.07, 6.45) is 0. The molecule has 1 aliphatic rings. The lowest BCUT2D eigenvalue weighted by atomic mass is 10.2. The zero-order valence-corrected chi connectivity index (χ0v) is 17.2. The minimum absolute atomic E-state index is 0.0500. The number of benzene rings is 1. The van der Waals surface area contributed by atoms with E-state index in [1.54, 1.807) is 11.3 Å². The Kier molecular flexibility index (Phi) is 5.54. The average Bonchev–Trinajstić information content (AvgIpc) is 3.45. The van der Waals surface area contributed by atoms with E-state index >= 15 is 0 Å². The fourth-order valence-corrected chi connectivity index (χ4v) is 4.50. The summed E-state index contributed by atoms with van der Waals surface area (Å²) in [6, 6.07) is 9.69. The second-order valence-electron chi connectivity index (χ2n) is 6.19. The molecule has 0 bridgehead atoms. The van der Waals surface area contributed by atoms with Crippen molar-refractivity contribution >= 4 is 29.0 Å². The van der Waals surface area contributed by atoms with Crippen LogP contribution in [0.25, 0.3) is 10.7 Å². The molecular weight excluding hydrogens is 396 g/mol. The number of rotatable bonds is 7. The molecule has 0 radical (unpaired) electrons. The van der Waals surface area contributed by atoms with Gasteiger partial charge in [-0.05, 0) is 43.0 Å². The second kappa shape index (κ2) is 8.24. The van der Waals surface area contributed by atoms with Crippen LogP contribution in [-0.2, 0) is 17.9 Å². The number of amides is 1. The number of hydrogen-bond donors (Lipinski definition) is 1.